The van der Waals surface area contributed by atoms with Gasteiger partial charge in [-0.25, -0.2) is 8.42 Å². The Morgan fingerprint density at radius 2 is 1.89 bits per heavy atom. The molecule has 1 aromatic rings. The van der Waals surface area contributed by atoms with Gasteiger partial charge >= 0.3 is 0 Å². The van der Waals surface area contributed by atoms with Crippen LogP contribution in [0.5, 0.6) is 0 Å². The first-order valence-corrected chi connectivity index (χ1v) is 7.66. The maximum Gasteiger partial charge on any atom is 0.243 e. The van der Waals surface area contributed by atoms with Crippen molar-refractivity contribution in [2.24, 2.45) is 5.84 Å². The van der Waals surface area contributed by atoms with Crippen LogP contribution in [-0.2, 0) is 10.0 Å². The van der Waals surface area contributed by atoms with Gasteiger partial charge in [0.05, 0.1) is 4.90 Å². The van der Waals surface area contributed by atoms with Gasteiger partial charge in [0.1, 0.15) is 0 Å². The van der Waals surface area contributed by atoms with E-state index in [9.17, 15) is 8.42 Å². The molecule has 0 aliphatic carbocycles. The summed E-state index contributed by atoms with van der Waals surface area (Å²) in [5, 5.41) is 0. The van der Waals surface area contributed by atoms with E-state index in [4.69, 9.17) is 5.84 Å². The van der Waals surface area contributed by atoms with E-state index < -0.39 is 10.0 Å². The van der Waals surface area contributed by atoms with Gasteiger partial charge in [-0.3, -0.25) is 5.84 Å². The average Bonchev–Trinajstić information content (AvgIpc) is 2.38. The summed E-state index contributed by atoms with van der Waals surface area (Å²) in [5.74, 6) is 5.27. The maximum absolute atomic E-state index is 12.6. The van der Waals surface area contributed by atoms with Crippen molar-refractivity contribution in [1.29, 1.82) is 0 Å². The molecule has 3 N–H and O–H groups in total. The zero-order chi connectivity index (χ0) is 14.0. The highest BCUT2D eigenvalue weighted by Crippen LogP contribution is 2.22. The molecule has 1 atom stereocenters. The van der Waals surface area contributed by atoms with Crippen LogP contribution in [0.4, 0.5) is 5.69 Å². The van der Waals surface area contributed by atoms with Gasteiger partial charge < -0.3 is 10.3 Å². The smallest absolute Gasteiger partial charge is 0.243 e. The molecule has 0 saturated carbocycles. The molecule has 106 valence electrons. The highest BCUT2D eigenvalue weighted by molar-refractivity contribution is 7.89. The van der Waals surface area contributed by atoms with Crippen molar-refractivity contribution in [2.75, 3.05) is 32.1 Å². The van der Waals surface area contributed by atoms with Gasteiger partial charge in [0.15, 0.2) is 0 Å². The molecule has 0 amide bonds. The number of benzene rings is 1. The number of rotatable bonds is 3. The molecule has 1 heterocycles. The van der Waals surface area contributed by atoms with Crippen molar-refractivity contribution < 1.29 is 8.42 Å². The van der Waals surface area contributed by atoms with Crippen molar-refractivity contribution in [3.8, 4) is 0 Å². The van der Waals surface area contributed by atoms with Crippen LogP contribution < -0.4 is 11.3 Å². The Balaban J connectivity index is 2.26. The molecule has 2 rings (SSSR count). The van der Waals surface area contributed by atoms with Crippen molar-refractivity contribution in [3.05, 3.63) is 24.3 Å². The van der Waals surface area contributed by atoms with Crippen molar-refractivity contribution in [3.63, 3.8) is 0 Å². The van der Waals surface area contributed by atoms with E-state index in [1.165, 1.54) is 0 Å². The molecule has 1 aliphatic heterocycles. The number of piperazine rings is 1. The van der Waals surface area contributed by atoms with Crippen molar-refractivity contribution in [1.82, 2.24) is 9.21 Å². The Labute approximate surface area is 114 Å². The van der Waals surface area contributed by atoms with Crippen LogP contribution in [0.3, 0.4) is 0 Å². The Hall–Kier alpha value is -1.15. The van der Waals surface area contributed by atoms with Crippen LogP contribution in [-0.4, -0.2) is 50.3 Å². The number of sulfonamides is 1. The first-order valence-electron chi connectivity index (χ1n) is 6.22. The number of nitrogen functional groups attached to an aromatic ring is 1. The molecule has 1 saturated heterocycles. The highest BCUT2D eigenvalue weighted by atomic mass is 32.2. The summed E-state index contributed by atoms with van der Waals surface area (Å²) in [6.45, 7) is 3.97. The monoisotopic (exact) mass is 284 g/mol. The summed E-state index contributed by atoms with van der Waals surface area (Å²) in [6.07, 6.45) is 0. The fourth-order valence-electron chi connectivity index (χ4n) is 2.34. The molecule has 0 spiro atoms. The number of nitrogens with two attached hydrogens (primary N) is 1. The Morgan fingerprint density at radius 3 is 2.42 bits per heavy atom. The third kappa shape index (κ3) is 2.89. The van der Waals surface area contributed by atoms with Gasteiger partial charge in [-0.05, 0) is 38.2 Å². The molecule has 0 bridgehead atoms. The van der Waals surface area contributed by atoms with E-state index in [1.54, 1.807) is 28.6 Å². The summed E-state index contributed by atoms with van der Waals surface area (Å²) >= 11 is 0. The van der Waals surface area contributed by atoms with Crippen molar-refractivity contribution in [2.45, 2.75) is 17.9 Å². The number of hydrogen-bond donors (Lipinski definition) is 2. The average molecular weight is 284 g/mol. The summed E-state index contributed by atoms with van der Waals surface area (Å²) < 4.78 is 26.7. The largest absolute Gasteiger partial charge is 0.324 e. The highest BCUT2D eigenvalue weighted by Gasteiger charge is 2.32. The Morgan fingerprint density at radius 1 is 1.26 bits per heavy atom. The molecule has 6 nitrogen and oxygen atoms in total. The minimum absolute atomic E-state index is 0.0175. The third-order valence-corrected chi connectivity index (χ3v) is 5.43. The van der Waals surface area contributed by atoms with Gasteiger partial charge in [0.2, 0.25) is 10.0 Å². The topological polar surface area (TPSA) is 78.7 Å². The van der Waals surface area contributed by atoms with E-state index in [2.05, 4.69) is 10.3 Å². The van der Waals surface area contributed by atoms with Gasteiger partial charge in [-0.2, -0.15) is 4.31 Å². The molecule has 7 heteroatoms. The predicted octanol–water partition coefficient (Wildman–Crippen LogP) is 0.297. The Bertz CT molecular complexity index is 529. The summed E-state index contributed by atoms with van der Waals surface area (Å²) in [7, 11) is -1.42. The van der Waals surface area contributed by atoms with E-state index in [-0.39, 0.29) is 6.04 Å². The lowest BCUT2D eigenvalue weighted by Crippen LogP contribution is -2.52. The number of nitrogens with one attached hydrogen (secondary N) is 1. The van der Waals surface area contributed by atoms with Gasteiger partial charge in [0, 0.05) is 31.4 Å². The molecule has 19 heavy (non-hydrogen) atoms. The lowest BCUT2D eigenvalue weighted by atomic mass is 10.2. The minimum atomic E-state index is -3.42. The van der Waals surface area contributed by atoms with Crippen LogP contribution in [0.25, 0.3) is 0 Å². The van der Waals surface area contributed by atoms with Crippen LogP contribution in [0.15, 0.2) is 29.2 Å². The molecule has 1 fully saturated rings. The van der Waals surface area contributed by atoms with Crippen LogP contribution in [0, 0.1) is 0 Å². The van der Waals surface area contributed by atoms with Gasteiger partial charge in [-0.1, -0.05) is 0 Å². The second-order valence-electron chi connectivity index (χ2n) is 4.90. The van der Waals surface area contributed by atoms with Gasteiger partial charge in [0.25, 0.3) is 0 Å². The van der Waals surface area contributed by atoms with Crippen molar-refractivity contribution >= 4 is 15.7 Å². The lowest BCUT2D eigenvalue weighted by Gasteiger charge is -2.37. The normalized spacial score (nSPS) is 22.4. The second-order valence-corrected chi connectivity index (χ2v) is 6.79. The molecule has 1 aliphatic rings. The molecule has 1 unspecified atom stereocenters. The molecule has 0 aromatic heterocycles. The fraction of sp³-hybridized carbons (Fsp3) is 0.500. The quantitative estimate of drug-likeness (QED) is 0.616. The molecule has 0 radical (unpaired) electrons. The SMILES string of the molecule is CC1CN(C)CCN1S(=O)(=O)c1ccc(NN)cc1. The van der Waals surface area contributed by atoms with Crippen LogP contribution in [0.1, 0.15) is 6.92 Å². The van der Waals surface area contributed by atoms with Crippen LogP contribution in [0.2, 0.25) is 0 Å². The second kappa shape index (κ2) is 5.46. The third-order valence-electron chi connectivity index (χ3n) is 3.40. The fourth-order valence-corrected chi connectivity index (χ4v) is 3.95. The Kier molecular flexibility index (Phi) is 4.10. The zero-order valence-electron chi connectivity index (χ0n) is 11.2. The number of hydrogen-bond acceptors (Lipinski definition) is 5. The first kappa shape index (κ1) is 14.3. The van der Waals surface area contributed by atoms with E-state index >= 15 is 0 Å². The summed E-state index contributed by atoms with van der Waals surface area (Å²) in [4.78, 5) is 2.45. The standard InChI is InChI=1S/C12H20N4O2S/c1-10-9-15(2)7-8-16(10)19(17,18)12-5-3-11(14-13)4-6-12/h3-6,10,14H,7-9,13H2,1-2H3. The zero-order valence-corrected chi connectivity index (χ0v) is 12.0. The summed E-state index contributed by atoms with van der Waals surface area (Å²) in [5.41, 5.74) is 3.17. The van der Waals surface area contributed by atoms with Crippen LogP contribution >= 0.6 is 0 Å². The van der Waals surface area contributed by atoms with E-state index in [0.29, 0.717) is 17.1 Å². The minimum Gasteiger partial charge on any atom is -0.324 e. The maximum atomic E-state index is 12.6. The molecular formula is C12H20N4O2S. The number of anilines is 1. The number of nitrogens with zero attached hydrogens (tertiary/aromatic N) is 2. The summed E-state index contributed by atoms with van der Waals surface area (Å²) in [6, 6.07) is 6.46. The lowest BCUT2D eigenvalue weighted by molar-refractivity contribution is 0.170. The van der Waals surface area contributed by atoms with E-state index in [1.807, 2.05) is 14.0 Å². The molecular weight excluding hydrogens is 264 g/mol. The van der Waals surface area contributed by atoms with E-state index in [0.717, 1.165) is 13.1 Å². The van der Waals surface area contributed by atoms with Gasteiger partial charge in [-0.15, -0.1) is 0 Å². The first-order chi connectivity index (χ1) is 8.95. The molecule has 1 aromatic carbocycles. The predicted molar refractivity (Wildman–Crippen MR) is 75.1 cm³/mol. The number of hydrazine groups is 1. The number of likely N-dealkylation sites (N-methyl/N-ethyl adjacent to an activating group) is 1.